The molecule has 0 amide bonds. The smallest absolute Gasteiger partial charge is 0.330 e. The first-order valence-corrected chi connectivity index (χ1v) is 4.19. The lowest BCUT2D eigenvalue weighted by atomic mass is 10.1. The summed E-state index contributed by atoms with van der Waals surface area (Å²) in [6.07, 6.45) is 2.93. The fourth-order valence-electron chi connectivity index (χ4n) is 1.03. The molecule has 0 saturated heterocycles. The molecule has 3 heteroatoms. The molecule has 0 aliphatic heterocycles. The lowest BCUT2D eigenvalue weighted by molar-refractivity contribution is -0.134. The topological polar surface area (TPSA) is 46.5 Å². The summed E-state index contributed by atoms with van der Waals surface area (Å²) in [6, 6.07) is 4.98. The molecule has 74 valence electrons. The lowest BCUT2D eigenvalue weighted by Gasteiger charge is -2.00. The van der Waals surface area contributed by atoms with E-state index in [1.165, 1.54) is 13.2 Å². The summed E-state index contributed by atoms with van der Waals surface area (Å²) in [4.78, 5) is 10.8. The number of carbonyl (C=O) groups is 1. The predicted octanol–water partition coefficient (Wildman–Crippen LogP) is 1.89. The lowest BCUT2D eigenvalue weighted by Crippen LogP contribution is -1.93. The summed E-state index contributed by atoms with van der Waals surface area (Å²) in [5.74, 6) is -0.229. The van der Waals surface area contributed by atoms with Crippen molar-refractivity contribution >= 4 is 12.0 Å². The van der Waals surface area contributed by atoms with Crippen molar-refractivity contribution in [2.24, 2.45) is 0 Å². The Hall–Kier alpha value is -1.77. The normalized spacial score (nSPS) is 10.4. The van der Waals surface area contributed by atoms with Gasteiger partial charge in [0.05, 0.1) is 7.11 Å². The van der Waals surface area contributed by atoms with Crippen molar-refractivity contribution in [1.29, 1.82) is 0 Å². The van der Waals surface area contributed by atoms with Crippen molar-refractivity contribution in [3.05, 3.63) is 35.4 Å². The van der Waals surface area contributed by atoms with Gasteiger partial charge in [-0.05, 0) is 36.3 Å². The summed E-state index contributed by atoms with van der Waals surface area (Å²) < 4.78 is 4.45. The van der Waals surface area contributed by atoms with Crippen LogP contribution in [0.4, 0.5) is 0 Å². The van der Waals surface area contributed by atoms with E-state index in [-0.39, 0.29) is 5.75 Å². The summed E-state index contributed by atoms with van der Waals surface area (Å²) in [5, 5.41) is 9.21. The third-order valence-electron chi connectivity index (χ3n) is 1.86. The molecule has 0 fully saturated rings. The van der Waals surface area contributed by atoms with Gasteiger partial charge in [0.25, 0.3) is 0 Å². The molecule has 1 aromatic rings. The van der Waals surface area contributed by atoms with E-state index in [1.807, 2.05) is 6.92 Å². The second-order valence-corrected chi connectivity index (χ2v) is 2.90. The van der Waals surface area contributed by atoms with Crippen LogP contribution in [0.5, 0.6) is 5.75 Å². The number of hydrogen-bond acceptors (Lipinski definition) is 3. The Balaban J connectivity index is 2.90. The highest BCUT2D eigenvalue weighted by Crippen LogP contribution is 2.16. The summed E-state index contributed by atoms with van der Waals surface area (Å²) in [5.41, 5.74) is 1.79. The first-order valence-electron chi connectivity index (χ1n) is 4.19. The highest BCUT2D eigenvalue weighted by Gasteiger charge is 1.97. The van der Waals surface area contributed by atoms with Gasteiger partial charge in [0.2, 0.25) is 0 Å². The number of aryl methyl sites for hydroxylation is 1. The van der Waals surface area contributed by atoms with Crippen molar-refractivity contribution < 1.29 is 14.6 Å². The largest absolute Gasteiger partial charge is 0.508 e. The van der Waals surface area contributed by atoms with Crippen LogP contribution in [0.3, 0.4) is 0 Å². The van der Waals surface area contributed by atoms with E-state index in [2.05, 4.69) is 4.74 Å². The SMILES string of the molecule is COC(=O)C=Cc1cc(O)ccc1C. The van der Waals surface area contributed by atoms with Gasteiger partial charge in [0, 0.05) is 6.08 Å². The maximum absolute atomic E-state index is 10.8. The van der Waals surface area contributed by atoms with Crippen LogP contribution in [0.15, 0.2) is 24.3 Å². The fraction of sp³-hybridized carbons (Fsp3) is 0.182. The van der Waals surface area contributed by atoms with Gasteiger partial charge < -0.3 is 9.84 Å². The van der Waals surface area contributed by atoms with E-state index < -0.39 is 5.97 Å². The molecule has 0 spiro atoms. The Bertz CT molecular complexity index is 367. The van der Waals surface area contributed by atoms with E-state index in [9.17, 15) is 9.90 Å². The van der Waals surface area contributed by atoms with Crippen LogP contribution < -0.4 is 0 Å². The molecule has 0 atom stereocenters. The second-order valence-electron chi connectivity index (χ2n) is 2.90. The Morgan fingerprint density at radius 1 is 1.50 bits per heavy atom. The van der Waals surface area contributed by atoms with Gasteiger partial charge in [0.1, 0.15) is 5.75 Å². The minimum atomic E-state index is -0.409. The van der Waals surface area contributed by atoms with E-state index in [0.29, 0.717) is 0 Å². The molecular weight excluding hydrogens is 180 g/mol. The van der Waals surface area contributed by atoms with E-state index >= 15 is 0 Å². The quantitative estimate of drug-likeness (QED) is 0.575. The molecule has 1 N–H and O–H groups in total. The van der Waals surface area contributed by atoms with Crippen LogP contribution in [0.25, 0.3) is 6.08 Å². The molecule has 14 heavy (non-hydrogen) atoms. The first kappa shape index (κ1) is 10.3. The number of hydrogen-bond donors (Lipinski definition) is 1. The number of phenolic OH excluding ortho intramolecular Hbond substituents is 1. The second kappa shape index (κ2) is 4.46. The molecule has 0 unspecified atom stereocenters. The van der Waals surface area contributed by atoms with Crippen LogP contribution in [0.2, 0.25) is 0 Å². The zero-order valence-corrected chi connectivity index (χ0v) is 8.15. The van der Waals surface area contributed by atoms with Gasteiger partial charge in [-0.15, -0.1) is 0 Å². The molecule has 0 aromatic heterocycles. The van der Waals surface area contributed by atoms with Gasteiger partial charge in [-0.2, -0.15) is 0 Å². The minimum absolute atomic E-state index is 0.181. The van der Waals surface area contributed by atoms with Crippen LogP contribution in [-0.2, 0) is 9.53 Å². The maximum atomic E-state index is 10.8. The number of esters is 1. The Kier molecular flexibility index (Phi) is 3.29. The number of ether oxygens (including phenoxy) is 1. The molecule has 0 bridgehead atoms. The molecule has 0 radical (unpaired) electrons. The van der Waals surface area contributed by atoms with Crippen molar-refractivity contribution in [3.63, 3.8) is 0 Å². The standard InChI is InChI=1S/C11H12O3/c1-8-3-5-10(12)7-9(8)4-6-11(13)14-2/h3-7,12H,1-2H3. The maximum Gasteiger partial charge on any atom is 0.330 e. The monoisotopic (exact) mass is 192 g/mol. The Morgan fingerprint density at radius 2 is 2.21 bits per heavy atom. The predicted molar refractivity (Wildman–Crippen MR) is 53.9 cm³/mol. The molecule has 0 saturated carbocycles. The summed E-state index contributed by atoms with van der Waals surface area (Å²) in [7, 11) is 1.32. The summed E-state index contributed by atoms with van der Waals surface area (Å²) in [6.45, 7) is 1.90. The fourth-order valence-corrected chi connectivity index (χ4v) is 1.03. The minimum Gasteiger partial charge on any atom is -0.508 e. The molecule has 1 rings (SSSR count). The number of benzene rings is 1. The van der Waals surface area contributed by atoms with Gasteiger partial charge in [-0.3, -0.25) is 0 Å². The van der Waals surface area contributed by atoms with Crippen molar-refractivity contribution in [3.8, 4) is 5.75 Å². The van der Waals surface area contributed by atoms with E-state index in [4.69, 9.17) is 0 Å². The molecule has 0 aliphatic rings. The zero-order valence-electron chi connectivity index (χ0n) is 8.15. The van der Waals surface area contributed by atoms with Crippen molar-refractivity contribution in [2.75, 3.05) is 7.11 Å². The zero-order chi connectivity index (χ0) is 10.6. The Morgan fingerprint density at radius 3 is 2.86 bits per heavy atom. The van der Waals surface area contributed by atoms with Gasteiger partial charge in [-0.25, -0.2) is 4.79 Å². The van der Waals surface area contributed by atoms with Gasteiger partial charge >= 0.3 is 5.97 Å². The first-order chi connectivity index (χ1) is 6.63. The summed E-state index contributed by atoms with van der Waals surface area (Å²) >= 11 is 0. The van der Waals surface area contributed by atoms with Gasteiger partial charge in [-0.1, -0.05) is 6.07 Å². The van der Waals surface area contributed by atoms with Crippen LogP contribution in [0.1, 0.15) is 11.1 Å². The molecule has 0 aliphatic carbocycles. The number of phenols is 1. The third kappa shape index (κ3) is 2.62. The van der Waals surface area contributed by atoms with Crippen LogP contribution >= 0.6 is 0 Å². The van der Waals surface area contributed by atoms with Crippen molar-refractivity contribution in [2.45, 2.75) is 6.92 Å². The average molecular weight is 192 g/mol. The highest BCUT2D eigenvalue weighted by atomic mass is 16.5. The molecular formula is C11H12O3. The highest BCUT2D eigenvalue weighted by molar-refractivity contribution is 5.87. The van der Waals surface area contributed by atoms with Crippen LogP contribution in [0, 0.1) is 6.92 Å². The van der Waals surface area contributed by atoms with E-state index in [1.54, 1.807) is 24.3 Å². The average Bonchev–Trinajstić information content (AvgIpc) is 2.19. The Labute approximate surface area is 82.6 Å². The molecule has 1 aromatic carbocycles. The van der Waals surface area contributed by atoms with Crippen LogP contribution in [-0.4, -0.2) is 18.2 Å². The number of aromatic hydroxyl groups is 1. The van der Waals surface area contributed by atoms with E-state index in [0.717, 1.165) is 11.1 Å². The number of methoxy groups -OCH3 is 1. The third-order valence-corrected chi connectivity index (χ3v) is 1.86. The number of rotatable bonds is 2. The van der Waals surface area contributed by atoms with Gasteiger partial charge in [0.15, 0.2) is 0 Å². The molecule has 0 heterocycles. The molecule has 3 nitrogen and oxygen atoms in total. The number of carbonyl (C=O) groups excluding carboxylic acids is 1. The van der Waals surface area contributed by atoms with Crippen molar-refractivity contribution in [1.82, 2.24) is 0 Å².